The fraction of sp³-hybridized carbons (Fsp3) is 0.350. The molecular formula is C20H22ClNO4. The van der Waals surface area contributed by atoms with Crippen LogP contribution in [0, 0.1) is 0 Å². The second-order valence-corrected chi connectivity index (χ2v) is 6.58. The van der Waals surface area contributed by atoms with Crippen LogP contribution in [-0.4, -0.2) is 38.2 Å². The van der Waals surface area contributed by atoms with Crippen LogP contribution in [0.4, 0.5) is 0 Å². The number of amides is 1. The van der Waals surface area contributed by atoms with Gasteiger partial charge in [0.05, 0.1) is 31.9 Å². The summed E-state index contributed by atoms with van der Waals surface area (Å²) >= 11 is 6.22. The molecule has 0 unspecified atom stereocenters. The van der Waals surface area contributed by atoms with E-state index in [0.717, 1.165) is 18.4 Å². The number of hydrogen-bond donors (Lipinski definition) is 0. The summed E-state index contributed by atoms with van der Waals surface area (Å²) in [6.45, 7) is 0.450. The van der Waals surface area contributed by atoms with Gasteiger partial charge >= 0.3 is 0 Å². The predicted molar refractivity (Wildman–Crippen MR) is 100 cm³/mol. The maximum Gasteiger partial charge on any atom is 0.255 e. The maximum absolute atomic E-state index is 13.0. The highest BCUT2D eigenvalue weighted by atomic mass is 35.5. The SMILES string of the molecule is COc1cc(CN(C(=O)c2ccccc2Cl)C2CC2)cc(OC)c1OC. The zero-order valence-electron chi connectivity index (χ0n) is 15.1. The summed E-state index contributed by atoms with van der Waals surface area (Å²) < 4.78 is 16.2. The van der Waals surface area contributed by atoms with Gasteiger partial charge in [0.2, 0.25) is 5.75 Å². The minimum Gasteiger partial charge on any atom is -0.493 e. The van der Waals surface area contributed by atoms with Crippen molar-refractivity contribution >= 4 is 17.5 Å². The molecule has 26 heavy (non-hydrogen) atoms. The van der Waals surface area contributed by atoms with Crippen molar-refractivity contribution in [3.63, 3.8) is 0 Å². The van der Waals surface area contributed by atoms with Crippen molar-refractivity contribution in [2.45, 2.75) is 25.4 Å². The van der Waals surface area contributed by atoms with Crippen molar-refractivity contribution in [2.75, 3.05) is 21.3 Å². The van der Waals surface area contributed by atoms with Crippen LogP contribution in [0.2, 0.25) is 5.02 Å². The number of halogens is 1. The summed E-state index contributed by atoms with van der Waals surface area (Å²) in [5.74, 6) is 1.62. The van der Waals surface area contributed by atoms with Gasteiger partial charge in [-0.25, -0.2) is 0 Å². The van der Waals surface area contributed by atoms with Crippen molar-refractivity contribution in [1.82, 2.24) is 4.90 Å². The highest BCUT2D eigenvalue weighted by Crippen LogP contribution is 2.39. The first-order valence-corrected chi connectivity index (χ1v) is 8.81. The van der Waals surface area contributed by atoms with Gasteiger partial charge in [0.25, 0.3) is 5.91 Å². The average Bonchev–Trinajstić information content (AvgIpc) is 3.50. The number of rotatable bonds is 7. The lowest BCUT2D eigenvalue weighted by atomic mass is 10.1. The van der Waals surface area contributed by atoms with Crippen LogP contribution in [0.1, 0.15) is 28.8 Å². The second kappa shape index (κ2) is 7.87. The first-order chi connectivity index (χ1) is 12.6. The van der Waals surface area contributed by atoms with Crippen molar-refractivity contribution in [1.29, 1.82) is 0 Å². The molecule has 1 aliphatic carbocycles. The smallest absolute Gasteiger partial charge is 0.255 e. The van der Waals surface area contributed by atoms with Crippen LogP contribution < -0.4 is 14.2 Å². The van der Waals surface area contributed by atoms with Gasteiger partial charge in [-0.05, 0) is 42.7 Å². The first-order valence-electron chi connectivity index (χ1n) is 8.43. The van der Waals surface area contributed by atoms with Gasteiger partial charge in [-0.15, -0.1) is 0 Å². The lowest BCUT2D eigenvalue weighted by Crippen LogP contribution is -2.32. The van der Waals surface area contributed by atoms with Crippen LogP contribution in [0.3, 0.4) is 0 Å². The monoisotopic (exact) mass is 375 g/mol. The number of carbonyl (C=O) groups excluding carboxylic acids is 1. The van der Waals surface area contributed by atoms with Crippen molar-refractivity contribution < 1.29 is 19.0 Å². The molecule has 1 fully saturated rings. The Labute approximate surface area is 158 Å². The number of methoxy groups -OCH3 is 3. The Hall–Kier alpha value is -2.40. The molecule has 1 aliphatic rings. The molecule has 0 heterocycles. The summed E-state index contributed by atoms with van der Waals surface area (Å²) in [6.07, 6.45) is 2.00. The molecule has 3 rings (SSSR count). The molecule has 2 aromatic carbocycles. The lowest BCUT2D eigenvalue weighted by molar-refractivity contribution is 0.0729. The number of benzene rings is 2. The molecular weight excluding hydrogens is 354 g/mol. The molecule has 1 amide bonds. The summed E-state index contributed by atoms with van der Waals surface area (Å²) in [7, 11) is 4.72. The molecule has 0 bridgehead atoms. The Morgan fingerprint density at radius 1 is 1.08 bits per heavy atom. The minimum absolute atomic E-state index is 0.0631. The quantitative estimate of drug-likeness (QED) is 0.728. The highest BCUT2D eigenvalue weighted by Gasteiger charge is 2.34. The second-order valence-electron chi connectivity index (χ2n) is 6.18. The summed E-state index contributed by atoms with van der Waals surface area (Å²) in [5.41, 5.74) is 1.43. The Kier molecular flexibility index (Phi) is 5.57. The van der Waals surface area contributed by atoms with E-state index in [0.29, 0.717) is 34.4 Å². The van der Waals surface area contributed by atoms with E-state index in [4.69, 9.17) is 25.8 Å². The third kappa shape index (κ3) is 3.73. The van der Waals surface area contributed by atoms with Crippen LogP contribution in [-0.2, 0) is 6.54 Å². The lowest BCUT2D eigenvalue weighted by Gasteiger charge is -2.24. The highest BCUT2D eigenvalue weighted by molar-refractivity contribution is 6.33. The van der Waals surface area contributed by atoms with Crippen LogP contribution in [0.25, 0.3) is 0 Å². The summed E-state index contributed by atoms with van der Waals surface area (Å²) in [5, 5.41) is 0.466. The third-order valence-corrected chi connectivity index (χ3v) is 4.76. The van der Waals surface area contributed by atoms with Crippen molar-refractivity contribution in [3.8, 4) is 17.2 Å². The Morgan fingerprint density at radius 3 is 2.19 bits per heavy atom. The van der Waals surface area contributed by atoms with Crippen LogP contribution >= 0.6 is 11.6 Å². The molecule has 0 N–H and O–H groups in total. The van der Waals surface area contributed by atoms with E-state index < -0.39 is 0 Å². The third-order valence-electron chi connectivity index (χ3n) is 4.43. The molecule has 0 saturated heterocycles. The number of ether oxygens (including phenoxy) is 3. The normalized spacial score (nSPS) is 13.2. The Bertz CT molecular complexity index is 779. The summed E-state index contributed by atoms with van der Waals surface area (Å²) in [6, 6.07) is 11.1. The molecule has 5 nitrogen and oxygen atoms in total. The van der Waals surface area contributed by atoms with E-state index in [1.54, 1.807) is 33.5 Å². The molecule has 138 valence electrons. The van der Waals surface area contributed by atoms with Gasteiger partial charge in [-0.2, -0.15) is 0 Å². The molecule has 0 radical (unpaired) electrons. The van der Waals surface area contributed by atoms with E-state index in [9.17, 15) is 4.79 Å². The van der Waals surface area contributed by atoms with Gasteiger partial charge in [0.15, 0.2) is 11.5 Å². The van der Waals surface area contributed by atoms with Crippen molar-refractivity contribution in [3.05, 3.63) is 52.5 Å². The van der Waals surface area contributed by atoms with Gasteiger partial charge in [-0.3, -0.25) is 4.79 Å². The molecule has 0 atom stereocenters. The van der Waals surface area contributed by atoms with E-state index in [2.05, 4.69) is 0 Å². The first kappa shape index (κ1) is 18.4. The topological polar surface area (TPSA) is 48.0 Å². The van der Waals surface area contributed by atoms with Gasteiger partial charge in [0, 0.05) is 12.6 Å². The average molecular weight is 376 g/mol. The van der Waals surface area contributed by atoms with Gasteiger partial charge in [-0.1, -0.05) is 23.7 Å². The molecule has 0 aliphatic heterocycles. The molecule has 2 aromatic rings. The van der Waals surface area contributed by atoms with E-state index >= 15 is 0 Å². The number of carbonyl (C=O) groups is 1. The van der Waals surface area contributed by atoms with Crippen LogP contribution in [0.15, 0.2) is 36.4 Å². The minimum atomic E-state index is -0.0631. The predicted octanol–water partition coefficient (Wildman–Crippen LogP) is 4.17. The van der Waals surface area contributed by atoms with E-state index in [1.807, 2.05) is 29.2 Å². The van der Waals surface area contributed by atoms with Crippen LogP contribution in [0.5, 0.6) is 17.2 Å². The largest absolute Gasteiger partial charge is 0.493 e. The van der Waals surface area contributed by atoms with E-state index in [1.165, 1.54) is 0 Å². The number of hydrogen-bond acceptors (Lipinski definition) is 4. The molecule has 0 aromatic heterocycles. The Balaban J connectivity index is 1.92. The standard InChI is InChI=1S/C20H22ClNO4/c1-24-17-10-13(11-18(25-2)19(17)26-3)12-22(14-8-9-14)20(23)15-6-4-5-7-16(15)21/h4-7,10-11,14H,8-9,12H2,1-3H3. The van der Waals surface area contributed by atoms with E-state index in [-0.39, 0.29) is 11.9 Å². The fourth-order valence-electron chi connectivity index (χ4n) is 2.97. The fourth-order valence-corrected chi connectivity index (χ4v) is 3.18. The maximum atomic E-state index is 13.0. The molecule has 1 saturated carbocycles. The Morgan fingerprint density at radius 2 is 1.69 bits per heavy atom. The summed E-state index contributed by atoms with van der Waals surface area (Å²) in [4.78, 5) is 14.9. The zero-order valence-corrected chi connectivity index (χ0v) is 15.9. The molecule has 0 spiro atoms. The zero-order chi connectivity index (χ0) is 18.7. The van der Waals surface area contributed by atoms with Gasteiger partial charge in [0.1, 0.15) is 0 Å². The number of nitrogens with zero attached hydrogens (tertiary/aromatic N) is 1. The molecule has 6 heteroatoms. The van der Waals surface area contributed by atoms with Crippen molar-refractivity contribution in [2.24, 2.45) is 0 Å². The van der Waals surface area contributed by atoms with Gasteiger partial charge < -0.3 is 19.1 Å².